The topological polar surface area (TPSA) is 97.7 Å². The largest absolute Gasteiger partial charge is 0.486 e. The Balaban J connectivity index is 1.54. The molecule has 1 saturated heterocycles. The summed E-state index contributed by atoms with van der Waals surface area (Å²) in [6.07, 6.45) is -0.264. The third-order valence-electron chi connectivity index (χ3n) is 4.58. The highest BCUT2D eigenvalue weighted by atomic mass is 35.5. The van der Waals surface area contributed by atoms with Crippen molar-refractivity contribution < 1.29 is 17.9 Å². The van der Waals surface area contributed by atoms with Crippen LogP contribution in [0.2, 0.25) is 10.0 Å². The summed E-state index contributed by atoms with van der Waals surface area (Å²) in [5, 5.41) is -0.0571. The number of carbonyl (C=O) groups excluding carboxylic acids is 1. The number of carbonyl (C=O) groups is 1. The van der Waals surface area contributed by atoms with E-state index in [2.05, 4.69) is 4.72 Å². The number of rotatable bonds is 6. The fourth-order valence-electron chi connectivity index (χ4n) is 2.79. The predicted octanol–water partition coefficient (Wildman–Crippen LogP) is 1.57. The molecule has 1 aliphatic heterocycles. The van der Waals surface area contributed by atoms with Gasteiger partial charge in [-0.1, -0.05) is 29.3 Å². The number of nitrogens with zero attached hydrogens (tertiary/aromatic N) is 2. The van der Waals surface area contributed by atoms with Gasteiger partial charge >= 0.3 is 0 Å². The van der Waals surface area contributed by atoms with Crippen LogP contribution in [-0.2, 0) is 21.9 Å². The molecule has 0 spiro atoms. The quantitative estimate of drug-likeness (QED) is 0.706. The van der Waals surface area contributed by atoms with Crippen LogP contribution >= 0.6 is 23.2 Å². The van der Waals surface area contributed by atoms with Crippen LogP contribution in [0.5, 0.6) is 5.75 Å². The predicted molar refractivity (Wildman–Crippen MR) is 109 cm³/mol. The van der Waals surface area contributed by atoms with Crippen molar-refractivity contribution in [1.29, 1.82) is 0 Å². The average Bonchev–Trinajstić information content (AvgIpc) is 2.60. The lowest BCUT2D eigenvalue weighted by molar-refractivity contribution is -0.138. The zero-order chi connectivity index (χ0) is 21.3. The summed E-state index contributed by atoms with van der Waals surface area (Å²) in [6.45, 7) is 1.95. The summed E-state index contributed by atoms with van der Waals surface area (Å²) in [5.41, 5.74) is 0.576. The number of amides is 1. The van der Waals surface area contributed by atoms with Crippen LogP contribution in [0, 0.1) is 6.92 Å². The molecule has 8 nitrogen and oxygen atoms in total. The van der Waals surface area contributed by atoms with E-state index in [1.807, 2.05) is 0 Å². The van der Waals surface area contributed by atoms with E-state index in [1.165, 1.54) is 33.7 Å². The first-order valence-electron chi connectivity index (χ1n) is 8.64. The molecule has 1 aromatic heterocycles. The molecule has 156 valence electrons. The Morgan fingerprint density at radius 2 is 1.86 bits per heavy atom. The Labute approximate surface area is 178 Å². The monoisotopic (exact) mass is 459 g/mol. The van der Waals surface area contributed by atoms with E-state index in [9.17, 15) is 18.0 Å². The fraction of sp³-hybridized carbons (Fsp3) is 0.333. The number of halogens is 2. The van der Waals surface area contributed by atoms with Gasteiger partial charge in [-0.05, 0) is 25.1 Å². The molecule has 1 aliphatic rings. The molecular weight excluding hydrogens is 441 g/mol. The van der Waals surface area contributed by atoms with Gasteiger partial charge in [0.25, 0.3) is 5.56 Å². The Bertz CT molecular complexity index is 1090. The molecule has 3 rings (SSSR count). The van der Waals surface area contributed by atoms with E-state index >= 15 is 0 Å². The molecule has 1 N–H and O–H groups in total. The number of benzene rings is 1. The van der Waals surface area contributed by atoms with Crippen LogP contribution in [0.1, 0.15) is 5.69 Å². The summed E-state index contributed by atoms with van der Waals surface area (Å²) >= 11 is 11.8. The first-order valence-corrected chi connectivity index (χ1v) is 10.9. The van der Waals surface area contributed by atoms with Gasteiger partial charge in [-0.2, -0.15) is 0 Å². The number of aryl methyl sites for hydroxylation is 1. The number of likely N-dealkylation sites (tertiary alicyclic amines) is 1. The molecule has 29 heavy (non-hydrogen) atoms. The molecule has 11 heteroatoms. The number of ether oxygens (including phenoxy) is 1. The molecule has 0 radical (unpaired) electrons. The smallest absolute Gasteiger partial charge is 0.254 e. The number of nitrogens with one attached hydrogen (secondary N) is 1. The molecule has 2 heterocycles. The summed E-state index contributed by atoms with van der Waals surface area (Å²) in [6, 6.07) is 7.46. The van der Waals surface area contributed by atoms with E-state index in [-0.39, 0.29) is 26.6 Å². The van der Waals surface area contributed by atoms with Crippen LogP contribution in [-0.4, -0.2) is 49.5 Å². The van der Waals surface area contributed by atoms with Crippen molar-refractivity contribution in [3.63, 3.8) is 0 Å². The molecule has 0 saturated carbocycles. The highest BCUT2D eigenvalue weighted by Crippen LogP contribution is 2.28. The minimum Gasteiger partial charge on any atom is -0.486 e. The van der Waals surface area contributed by atoms with Crippen molar-refractivity contribution in [2.45, 2.75) is 17.9 Å². The van der Waals surface area contributed by atoms with Gasteiger partial charge in [0.05, 0.1) is 29.7 Å². The van der Waals surface area contributed by atoms with Crippen LogP contribution in [0.4, 0.5) is 0 Å². The Hall–Kier alpha value is -2.07. The van der Waals surface area contributed by atoms with Crippen molar-refractivity contribution in [3.05, 3.63) is 56.4 Å². The van der Waals surface area contributed by atoms with Gasteiger partial charge < -0.3 is 14.2 Å². The van der Waals surface area contributed by atoms with Crippen LogP contribution < -0.4 is 15.0 Å². The van der Waals surface area contributed by atoms with Gasteiger partial charge in [0.15, 0.2) is 0 Å². The second kappa shape index (κ2) is 8.35. The second-order valence-electron chi connectivity index (χ2n) is 6.64. The lowest BCUT2D eigenvalue weighted by Gasteiger charge is -2.39. The van der Waals surface area contributed by atoms with Crippen LogP contribution in [0.25, 0.3) is 0 Å². The highest BCUT2D eigenvalue weighted by Gasteiger charge is 2.33. The Morgan fingerprint density at radius 3 is 2.45 bits per heavy atom. The highest BCUT2D eigenvalue weighted by molar-refractivity contribution is 7.89. The molecule has 0 aliphatic carbocycles. The third kappa shape index (κ3) is 4.75. The molecule has 1 aromatic carbocycles. The van der Waals surface area contributed by atoms with E-state index in [0.717, 1.165) is 5.69 Å². The van der Waals surface area contributed by atoms with Gasteiger partial charge in [-0.3, -0.25) is 9.59 Å². The Morgan fingerprint density at radius 1 is 1.24 bits per heavy atom. The molecule has 0 atom stereocenters. The van der Waals surface area contributed by atoms with E-state index in [0.29, 0.717) is 18.8 Å². The third-order valence-corrected chi connectivity index (χ3v) is 6.94. The van der Waals surface area contributed by atoms with E-state index in [4.69, 9.17) is 27.9 Å². The number of hydrogen-bond donors (Lipinski definition) is 1. The first kappa shape index (κ1) is 21.6. The summed E-state index contributed by atoms with van der Waals surface area (Å²) in [5.74, 6) is 0.0357. The van der Waals surface area contributed by atoms with Gasteiger partial charge in [0.2, 0.25) is 15.9 Å². The maximum Gasteiger partial charge on any atom is 0.254 e. The van der Waals surface area contributed by atoms with Gasteiger partial charge in [-0.25, -0.2) is 13.1 Å². The number of aromatic nitrogens is 1. The standard InChI is InChI=1S/C18H19Cl2N3O5S/c1-11-6-12(7-16(24)22(11)2)28-13-9-23(10-13)17(25)8-21-29(26,27)18-14(19)4-3-5-15(18)20/h3-7,13,21H,8-10H2,1-2H3. The zero-order valence-corrected chi connectivity index (χ0v) is 18.0. The molecule has 2 aromatic rings. The molecule has 1 fully saturated rings. The minimum atomic E-state index is -4.04. The molecular formula is C18H19Cl2N3O5S. The molecule has 0 unspecified atom stereocenters. The van der Waals surface area contributed by atoms with Crippen molar-refractivity contribution >= 4 is 39.1 Å². The summed E-state index contributed by atoms with van der Waals surface area (Å²) in [7, 11) is -2.37. The molecule has 1 amide bonds. The normalized spacial score (nSPS) is 14.6. The number of hydrogen-bond acceptors (Lipinski definition) is 5. The fourth-order valence-corrected chi connectivity index (χ4v) is 4.91. The maximum atomic E-state index is 12.4. The SMILES string of the molecule is Cc1cc(OC2CN(C(=O)CNS(=O)(=O)c3c(Cl)cccc3Cl)C2)cc(=O)n1C. The van der Waals surface area contributed by atoms with E-state index in [1.54, 1.807) is 20.0 Å². The van der Waals surface area contributed by atoms with Crippen LogP contribution in [0.3, 0.4) is 0 Å². The van der Waals surface area contributed by atoms with Crippen molar-refractivity contribution in [2.75, 3.05) is 19.6 Å². The van der Waals surface area contributed by atoms with Gasteiger partial charge in [-0.15, -0.1) is 0 Å². The van der Waals surface area contributed by atoms with Gasteiger partial charge in [0, 0.05) is 18.8 Å². The second-order valence-corrected chi connectivity index (χ2v) is 9.16. The lowest BCUT2D eigenvalue weighted by atomic mass is 10.1. The lowest BCUT2D eigenvalue weighted by Crippen LogP contribution is -2.58. The van der Waals surface area contributed by atoms with Crippen molar-refractivity contribution in [1.82, 2.24) is 14.2 Å². The van der Waals surface area contributed by atoms with E-state index < -0.39 is 22.5 Å². The molecule has 0 bridgehead atoms. The summed E-state index contributed by atoms with van der Waals surface area (Å²) < 4.78 is 34.2. The van der Waals surface area contributed by atoms with Gasteiger partial charge in [0.1, 0.15) is 16.7 Å². The van der Waals surface area contributed by atoms with Crippen molar-refractivity contribution in [3.8, 4) is 5.75 Å². The van der Waals surface area contributed by atoms with Crippen molar-refractivity contribution in [2.24, 2.45) is 7.05 Å². The average molecular weight is 460 g/mol. The maximum absolute atomic E-state index is 12.4. The zero-order valence-electron chi connectivity index (χ0n) is 15.7. The number of pyridine rings is 1. The van der Waals surface area contributed by atoms with Crippen LogP contribution in [0.15, 0.2) is 40.0 Å². The summed E-state index contributed by atoms with van der Waals surface area (Å²) in [4.78, 5) is 25.2. The first-order chi connectivity index (χ1) is 13.6. The minimum absolute atomic E-state index is 0.0286. The Kier molecular flexibility index (Phi) is 6.23. The number of sulfonamides is 1.